The van der Waals surface area contributed by atoms with E-state index in [1.165, 1.54) is 29.9 Å². The van der Waals surface area contributed by atoms with Crippen LogP contribution in [0.25, 0.3) is 11.3 Å². The number of hydrogen-bond acceptors (Lipinski definition) is 5. The molecule has 176 valence electrons. The van der Waals surface area contributed by atoms with Crippen molar-refractivity contribution in [1.29, 1.82) is 0 Å². The monoisotopic (exact) mass is 500 g/mol. The summed E-state index contributed by atoms with van der Waals surface area (Å²) in [6.07, 6.45) is -3.79. The second-order valence-corrected chi connectivity index (χ2v) is 9.39. The van der Waals surface area contributed by atoms with Crippen molar-refractivity contribution in [2.24, 2.45) is 11.7 Å². The number of rotatable bonds is 7. The van der Waals surface area contributed by atoms with Gasteiger partial charge in [0, 0.05) is 29.8 Å². The number of nitrogens with zero attached hydrogens (tertiary/aromatic N) is 2. The first-order valence-electron chi connectivity index (χ1n) is 9.83. The van der Waals surface area contributed by atoms with Crippen LogP contribution in [0.1, 0.15) is 34.8 Å². The Labute approximate surface area is 197 Å². The SMILES string of the molecule is CC(C)(N)c1cc(CC(CNC(=O)c2cncs2)C(F)(F)F)nc(-c2ccc(F)c(Cl)c2)c1. The lowest BCUT2D eigenvalue weighted by atomic mass is 9.92. The van der Waals surface area contributed by atoms with E-state index in [2.05, 4.69) is 15.3 Å². The van der Waals surface area contributed by atoms with E-state index < -0.39 is 42.3 Å². The van der Waals surface area contributed by atoms with Gasteiger partial charge in [-0.05, 0) is 49.7 Å². The molecule has 0 spiro atoms. The van der Waals surface area contributed by atoms with Crippen molar-refractivity contribution in [2.75, 3.05) is 6.54 Å². The summed E-state index contributed by atoms with van der Waals surface area (Å²) in [7, 11) is 0. The average Bonchev–Trinajstić information content (AvgIpc) is 3.26. The zero-order valence-electron chi connectivity index (χ0n) is 17.7. The molecule has 2 heterocycles. The molecule has 0 radical (unpaired) electrons. The number of pyridine rings is 1. The van der Waals surface area contributed by atoms with E-state index in [9.17, 15) is 22.4 Å². The predicted octanol–water partition coefficient (Wildman–Crippen LogP) is 5.34. The molecule has 3 rings (SSSR count). The van der Waals surface area contributed by atoms with Crippen molar-refractivity contribution in [1.82, 2.24) is 15.3 Å². The first-order valence-corrected chi connectivity index (χ1v) is 11.1. The second-order valence-electron chi connectivity index (χ2n) is 8.10. The van der Waals surface area contributed by atoms with Crippen LogP contribution in [0.5, 0.6) is 0 Å². The summed E-state index contributed by atoms with van der Waals surface area (Å²) < 4.78 is 54.9. The van der Waals surface area contributed by atoms with Crippen molar-refractivity contribution in [3.8, 4) is 11.3 Å². The summed E-state index contributed by atoms with van der Waals surface area (Å²) >= 11 is 6.90. The number of carbonyl (C=O) groups is 1. The van der Waals surface area contributed by atoms with E-state index in [1.54, 1.807) is 19.9 Å². The van der Waals surface area contributed by atoms with Crippen LogP contribution in [0.3, 0.4) is 0 Å². The molecule has 0 aliphatic carbocycles. The van der Waals surface area contributed by atoms with Gasteiger partial charge in [-0.15, -0.1) is 11.3 Å². The molecule has 0 aliphatic heterocycles. The molecule has 1 atom stereocenters. The van der Waals surface area contributed by atoms with Gasteiger partial charge in [0.15, 0.2) is 0 Å². The lowest BCUT2D eigenvalue weighted by Crippen LogP contribution is -2.38. The van der Waals surface area contributed by atoms with Crippen LogP contribution in [0.2, 0.25) is 5.02 Å². The third-order valence-corrected chi connectivity index (χ3v) is 5.98. The van der Waals surface area contributed by atoms with Gasteiger partial charge in [0.25, 0.3) is 5.91 Å². The molecule has 3 aromatic rings. The van der Waals surface area contributed by atoms with E-state index in [1.807, 2.05) is 0 Å². The molecular weight excluding hydrogens is 480 g/mol. The van der Waals surface area contributed by atoms with Crippen molar-refractivity contribution < 1.29 is 22.4 Å². The van der Waals surface area contributed by atoms with Gasteiger partial charge in [-0.25, -0.2) is 4.39 Å². The number of halogens is 5. The number of benzene rings is 1. The number of nitrogens with two attached hydrogens (primary N) is 1. The molecule has 11 heteroatoms. The van der Waals surface area contributed by atoms with Gasteiger partial charge >= 0.3 is 6.18 Å². The summed E-state index contributed by atoms with van der Waals surface area (Å²) in [4.78, 5) is 20.4. The predicted molar refractivity (Wildman–Crippen MR) is 120 cm³/mol. The van der Waals surface area contributed by atoms with Gasteiger partial charge in [-0.2, -0.15) is 13.2 Å². The average molecular weight is 501 g/mol. The highest BCUT2D eigenvalue weighted by Gasteiger charge is 2.40. The third kappa shape index (κ3) is 6.49. The van der Waals surface area contributed by atoms with E-state index in [0.717, 1.165) is 17.4 Å². The Kier molecular flexibility index (Phi) is 7.40. The summed E-state index contributed by atoms with van der Waals surface area (Å²) in [5.74, 6) is -3.13. The Bertz CT molecular complexity index is 1130. The van der Waals surface area contributed by atoms with Gasteiger partial charge in [0.05, 0.1) is 28.3 Å². The normalized spacial score (nSPS) is 13.1. The first-order chi connectivity index (χ1) is 15.3. The van der Waals surface area contributed by atoms with E-state index in [-0.39, 0.29) is 15.6 Å². The molecular formula is C22H21ClF4N4OS. The number of aromatic nitrogens is 2. The van der Waals surface area contributed by atoms with Gasteiger partial charge in [-0.1, -0.05) is 11.6 Å². The molecule has 1 aromatic carbocycles. The lowest BCUT2D eigenvalue weighted by Gasteiger charge is -2.24. The third-order valence-electron chi connectivity index (χ3n) is 4.92. The minimum atomic E-state index is -4.59. The number of thiazole rings is 1. The van der Waals surface area contributed by atoms with Crippen molar-refractivity contribution in [3.05, 3.63) is 69.0 Å². The Morgan fingerprint density at radius 3 is 2.55 bits per heavy atom. The molecule has 33 heavy (non-hydrogen) atoms. The summed E-state index contributed by atoms with van der Waals surface area (Å²) in [5.41, 5.74) is 8.19. The van der Waals surface area contributed by atoms with Gasteiger partial charge in [0.2, 0.25) is 0 Å². The number of hydrogen-bond donors (Lipinski definition) is 2. The lowest BCUT2D eigenvalue weighted by molar-refractivity contribution is -0.172. The van der Waals surface area contributed by atoms with Crippen LogP contribution in [-0.4, -0.2) is 28.6 Å². The topological polar surface area (TPSA) is 80.9 Å². The fraction of sp³-hybridized carbons (Fsp3) is 0.318. The van der Waals surface area contributed by atoms with Gasteiger partial charge < -0.3 is 11.1 Å². The highest BCUT2D eigenvalue weighted by molar-refractivity contribution is 7.11. The Balaban J connectivity index is 1.92. The van der Waals surface area contributed by atoms with Crippen LogP contribution in [0.15, 0.2) is 42.0 Å². The van der Waals surface area contributed by atoms with Crippen LogP contribution < -0.4 is 11.1 Å². The molecule has 0 saturated carbocycles. The van der Waals surface area contributed by atoms with Crippen LogP contribution in [-0.2, 0) is 12.0 Å². The zero-order chi connectivity index (χ0) is 24.4. The van der Waals surface area contributed by atoms with Crippen LogP contribution >= 0.6 is 22.9 Å². The molecule has 0 bridgehead atoms. The zero-order valence-corrected chi connectivity index (χ0v) is 19.3. The second kappa shape index (κ2) is 9.74. The van der Waals surface area contributed by atoms with Crippen molar-refractivity contribution in [2.45, 2.75) is 32.0 Å². The maximum absolute atomic E-state index is 13.8. The minimum Gasteiger partial charge on any atom is -0.351 e. The Morgan fingerprint density at radius 1 is 1.24 bits per heavy atom. The number of carbonyl (C=O) groups excluding carboxylic acids is 1. The minimum absolute atomic E-state index is 0.132. The first kappa shape index (κ1) is 25.1. The highest BCUT2D eigenvalue weighted by atomic mass is 35.5. The fourth-order valence-electron chi connectivity index (χ4n) is 3.05. The molecule has 1 unspecified atom stereocenters. The van der Waals surface area contributed by atoms with E-state index in [4.69, 9.17) is 17.3 Å². The summed E-state index contributed by atoms with van der Waals surface area (Å²) in [5, 5.41) is 2.18. The quantitative estimate of drug-likeness (QED) is 0.429. The molecule has 3 N–H and O–H groups in total. The summed E-state index contributed by atoms with van der Waals surface area (Å²) in [6, 6.07) is 7.11. The van der Waals surface area contributed by atoms with Crippen LogP contribution in [0, 0.1) is 11.7 Å². The van der Waals surface area contributed by atoms with E-state index in [0.29, 0.717) is 16.8 Å². The molecule has 0 fully saturated rings. The number of amides is 1. The number of nitrogens with one attached hydrogen (secondary N) is 1. The Hall–Kier alpha value is -2.56. The maximum Gasteiger partial charge on any atom is 0.393 e. The molecule has 0 aliphatic rings. The fourth-order valence-corrected chi connectivity index (χ4v) is 3.77. The van der Waals surface area contributed by atoms with Crippen molar-refractivity contribution >= 4 is 28.8 Å². The Morgan fingerprint density at radius 2 is 1.97 bits per heavy atom. The van der Waals surface area contributed by atoms with Crippen molar-refractivity contribution in [3.63, 3.8) is 0 Å². The van der Waals surface area contributed by atoms with Crippen LogP contribution in [0.4, 0.5) is 17.6 Å². The largest absolute Gasteiger partial charge is 0.393 e. The smallest absolute Gasteiger partial charge is 0.351 e. The van der Waals surface area contributed by atoms with E-state index >= 15 is 0 Å². The van der Waals surface area contributed by atoms with Gasteiger partial charge in [-0.3, -0.25) is 14.8 Å². The number of alkyl halides is 3. The molecule has 1 amide bonds. The molecule has 2 aromatic heterocycles. The highest BCUT2D eigenvalue weighted by Crippen LogP contribution is 2.32. The standard InChI is InChI=1S/C22H21ClF4N4OS/c1-21(2,28)13-6-15(31-18(8-13)12-3-4-17(24)16(23)5-12)7-14(22(25,26)27)9-30-20(32)19-10-29-11-33-19/h3-6,8,10-11,14H,7,9,28H2,1-2H3,(H,30,32). The molecule has 5 nitrogen and oxygen atoms in total. The van der Waals surface area contributed by atoms with Gasteiger partial charge in [0.1, 0.15) is 10.7 Å². The summed E-state index contributed by atoms with van der Waals surface area (Å²) in [6.45, 7) is 2.80. The maximum atomic E-state index is 13.8. The molecule has 0 saturated heterocycles.